The van der Waals surface area contributed by atoms with Gasteiger partial charge in [-0.2, -0.15) is 0 Å². The molecule has 0 fully saturated rings. The van der Waals surface area contributed by atoms with Gasteiger partial charge in [0.25, 0.3) is 5.56 Å². The Kier molecular flexibility index (Phi) is 8.33. The highest BCUT2D eigenvalue weighted by molar-refractivity contribution is 7.99. The van der Waals surface area contributed by atoms with E-state index in [4.69, 9.17) is 5.73 Å². The fourth-order valence-electron chi connectivity index (χ4n) is 3.41. The molecule has 168 valence electrons. The predicted octanol–water partition coefficient (Wildman–Crippen LogP) is 3.48. The van der Waals surface area contributed by atoms with Gasteiger partial charge in [0.15, 0.2) is 5.69 Å². The number of carbonyl (C=O) groups is 1. The Balaban J connectivity index is 1.78. The maximum absolute atomic E-state index is 13.0. The van der Waals surface area contributed by atoms with E-state index in [1.807, 2.05) is 67.6 Å². The van der Waals surface area contributed by atoms with Crippen molar-refractivity contribution in [3.05, 3.63) is 87.1 Å². The molecule has 1 aromatic heterocycles. The van der Waals surface area contributed by atoms with Crippen molar-refractivity contribution in [3.63, 3.8) is 0 Å². The Morgan fingerprint density at radius 3 is 2.38 bits per heavy atom. The maximum atomic E-state index is 13.0. The second kappa shape index (κ2) is 11.4. The van der Waals surface area contributed by atoms with Crippen molar-refractivity contribution in [3.8, 4) is 0 Å². The van der Waals surface area contributed by atoms with E-state index in [0.717, 1.165) is 16.2 Å². The Bertz CT molecular complexity index is 1140. The van der Waals surface area contributed by atoms with Crippen LogP contribution in [0.2, 0.25) is 0 Å². The van der Waals surface area contributed by atoms with Crippen molar-refractivity contribution < 1.29 is 4.79 Å². The molecule has 0 atom stereocenters. The first-order valence-electron chi connectivity index (χ1n) is 10.7. The van der Waals surface area contributed by atoms with Gasteiger partial charge in [0, 0.05) is 17.9 Å². The lowest BCUT2D eigenvalue weighted by atomic mass is 10.2. The minimum absolute atomic E-state index is 0.00284. The number of carbonyl (C=O) groups excluding carboxylic acids is 1. The van der Waals surface area contributed by atoms with E-state index in [0.29, 0.717) is 19.4 Å². The van der Waals surface area contributed by atoms with Gasteiger partial charge >= 0.3 is 5.69 Å². The summed E-state index contributed by atoms with van der Waals surface area (Å²) in [4.78, 5) is 43.0. The minimum Gasteiger partial charge on any atom is -0.383 e. The Morgan fingerprint density at radius 1 is 1.06 bits per heavy atom. The zero-order valence-corrected chi connectivity index (χ0v) is 18.9. The number of amides is 1. The highest BCUT2D eigenvalue weighted by Gasteiger charge is 2.23. The van der Waals surface area contributed by atoms with Crippen molar-refractivity contribution in [2.45, 2.75) is 37.6 Å². The normalized spacial score (nSPS) is 10.8. The van der Waals surface area contributed by atoms with Gasteiger partial charge < -0.3 is 10.6 Å². The molecule has 3 rings (SSSR count). The zero-order valence-electron chi connectivity index (χ0n) is 18.1. The fourth-order valence-corrected chi connectivity index (χ4v) is 4.29. The largest absolute Gasteiger partial charge is 0.383 e. The van der Waals surface area contributed by atoms with Gasteiger partial charge in [-0.15, -0.1) is 11.8 Å². The van der Waals surface area contributed by atoms with Crippen LogP contribution >= 0.6 is 11.8 Å². The number of nitrogen functional groups attached to an aromatic ring is 1. The first-order chi connectivity index (χ1) is 15.5. The molecule has 0 saturated heterocycles. The number of benzene rings is 2. The van der Waals surface area contributed by atoms with E-state index in [-0.39, 0.29) is 30.4 Å². The van der Waals surface area contributed by atoms with Gasteiger partial charge in [-0.1, -0.05) is 55.5 Å². The predicted molar refractivity (Wildman–Crippen MR) is 130 cm³/mol. The summed E-state index contributed by atoms with van der Waals surface area (Å²) < 4.78 is 1.30. The van der Waals surface area contributed by atoms with Crippen molar-refractivity contribution in [1.82, 2.24) is 9.55 Å². The van der Waals surface area contributed by atoms with Crippen LogP contribution in [0.4, 0.5) is 11.5 Å². The molecular weight excluding hydrogens is 424 g/mol. The van der Waals surface area contributed by atoms with Crippen molar-refractivity contribution >= 4 is 29.2 Å². The summed E-state index contributed by atoms with van der Waals surface area (Å²) in [6.07, 6.45) is 1.61. The van der Waals surface area contributed by atoms with Crippen LogP contribution in [0.5, 0.6) is 0 Å². The second-order valence-electron chi connectivity index (χ2n) is 7.38. The Hall–Kier alpha value is -3.26. The molecule has 0 aliphatic rings. The van der Waals surface area contributed by atoms with Crippen molar-refractivity contribution in [2.24, 2.45) is 0 Å². The van der Waals surface area contributed by atoms with E-state index in [2.05, 4.69) is 4.98 Å². The molecular formula is C24H28N4O3S. The standard InChI is InChI=1S/C24H28N4O3S/c1-2-15-27(20(29)14-9-16-32-19-12-7-4-8-13-19)21-22(25)28(24(31)26-23(21)30)17-18-10-5-3-6-11-18/h3-8,10-13H,2,9,14-17,25H2,1H3,(H,26,30,31). The smallest absolute Gasteiger partial charge is 0.330 e. The number of anilines is 2. The Morgan fingerprint density at radius 2 is 1.72 bits per heavy atom. The van der Waals surface area contributed by atoms with Crippen molar-refractivity contribution in [2.75, 3.05) is 22.9 Å². The number of H-pyrrole nitrogens is 1. The minimum atomic E-state index is -0.641. The fraction of sp³-hybridized carbons (Fsp3) is 0.292. The molecule has 8 heteroatoms. The molecule has 0 aliphatic heterocycles. The maximum Gasteiger partial charge on any atom is 0.330 e. The van der Waals surface area contributed by atoms with Gasteiger partial charge in [0.1, 0.15) is 5.82 Å². The van der Waals surface area contributed by atoms with Crippen LogP contribution in [-0.4, -0.2) is 27.8 Å². The topological polar surface area (TPSA) is 101 Å². The second-order valence-corrected chi connectivity index (χ2v) is 8.54. The number of thioether (sulfide) groups is 1. The summed E-state index contributed by atoms with van der Waals surface area (Å²) in [5, 5.41) is 0. The summed E-state index contributed by atoms with van der Waals surface area (Å²) in [5.74, 6) is 0.611. The van der Waals surface area contributed by atoms with Crippen LogP contribution in [0, 0.1) is 0 Å². The molecule has 1 heterocycles. The monoisotopic (exact) mass is 452 g/mol. The molecule has 0 saturated carbocycles. The summed E-state index contributed by atoms with van der Waals surface area (Å²) in [7, 11) is 0. The third kappa shape index (κ3) is 5.91. The summed E-state index contributed by atoms with van der Waals surface area (Å²) in [6, 6.07) is 19.4. The van der Waals surface area contributed by atoms with E-state index in [9.17, 15) is 14.4 Å². The molecule has 2 aromatic carbocycles. The van der Waals surface area contributed by atoms with E-state index in [1.165, 1.54) is 9.47 Å². The van der Waals surface area contributed by atoms with Gasteiger partial charge in [0.05, 0.1) is 6.54 Å². The summed E-state index contributed by atoms with van der Waals surface area (Å²) >= 11 is 1.69. The van der Waals surface area contributed by atoms with Gasteiger partial charge in [-0.25, -0.2) is 4.79 Å². The number of hydrogen-bond acceptors (Lipinski definition) is 5. The molecule has 0 radical (unpaired) electrons. The van der Waals surface area contributed by atoms with Crippen LogP contribution in [-0.2, 0) is 11.3 Å². The van der Waals surface area contributed by atoms with Gasteiger partial charge in [-0.3, -0.25) is 19.1 Å². The third-order valence-electron chi connectivity index (χ3n) is 4.96. The van der Waals surface area contributed by atoms with Gasteiger partial charge in [-0.05, 0) is 36.3 Å². The van der Waals surface area contributed by atoms with Crippen LogP contribution in [0.15, 0.2) is 75.1 Å². The number of nitrogens with two attached hydrogens (primary N) is 1. The zero-order chi connectivity index (χ0) is 22.9. The summed E-state index contributed by atoms with van der Waals surface area (Å²) in [6.45, 7) is 2.48. The SMILES string of the molecule is CCCN(C(=O)CCCSc1ccccc1)c1c(N)n(Cc2ccccc2)c(=O)[nH]c1=O. The molecule has 0 spiro atoms. The Labute approximate surface area is 191 Å². The van der Waals surface area contributed by atoms with E-state index >= 15 is 0 Å². The van der Waals surface area contributed by atoms with Crippen LogP contribution in [0.25, 0.3) is 0 Å². The van der Waals surface area contributed by atoms with Crippen LogP contribution in [0.1, 0.15) is 31.7 Å². The third-order valence-corrected chi connectivity index (χ3v) is 6.06. The first-order valence-corrected chi connectivity index (χ1v) is 11.6. The van der Waals surface area contributed by atoms with Gasteiger partial charge in [0.2, 0.25) is 5.91 Å². The van der Waals surface area contributed by atoms with Crippen LogP contribution < -0.4 is 21.9 Å². The number of aromatic nitrogens is 2. The lowest BCUT2D eigenvalue weighted by Crippen LogP contribution is -2.41. The highest BCUT2D eigenvalue weighted by Crippen LogP contribution is 2.22. The molecule has 3 aromatic rings. The van der Waals surface area contributed by atoms with Crippen LogP contribution in [0.3, 0.4) is 0 Å². The molecule has 1 amide bonds. The van der Waals surface area contributed by atoms with E-state index < -0.39 is 11.2 Å². The first kappa shape index (κ1) is 23.4. The lowest BCUT2D eigenvalue weighted by Gasteiger charge is -2.24. The quantitative estimate of drug-likeness (QED) is 0.362. The molecule has 7 nitrogen and oxygen atoms in total. The average Bonchev–Trinajstić information content (AvgIpc) is 2.80. The highest BCUT2D eigenvalue weighted by atomic mass is 32.2. The number of hydrogen-bond donors (Lipinski definition) is 2. The average molecular weight is 453 g/mol. The molecule has 0 aliphatic carbocycles. The number of aromatic amines is 1. The molecule has 32 heavy (non-hydrogen) atoms. The number of rotatable bonds is 10. The summed E-state index contributed by atoms with van der Waals surface area (Å²) in [5.41, 5.74) is 5.95. The molecule has 0 bridgehead atoms. The van der Waals surface area contributed by atoms with E-state index in [1.54, 1.807) is 11.8 Å². The molecule has 3 N–H and O–H groups in total. The number of nitrogens with zero attached hydrogens (tertiary/aromatic N) is 2. The van der Waals surface area contributed by atoms with Crippen molar-refractivity contribution in [1.29, 1.82) is 0 Å². The lowest BCUT2D eigenvalue weighted by molar-refractivity contribution is -0.118. The molecule has 0 unspecified atom stereocenters. The number of nitrogens with one attached hydrogen (secondary N) is 1.